The van der Waals surface area contributed by atoms with E-state index < -0.39 is 9.84 Å². The number of hydrogen-bond acceptors (Lipinski definition) is 4. The van der Waals surface area contributed by atoms with Crippen LogP contribution in [0.5, 0.6) is 0 Å². The lowest BCUT2D eigenvalue weighted by Crippen LogP contribution is -2.34. The maximum absolute atomic E-state index is 11.3. The molecule has 1 fully saturated rings. The summed E-state index contributed by atoms with van der Waals surface area (Å²) in [5.41, 5.74) is 5.57. The Morgan fingerprint density at radius 1 is 1.47 bits per heavy atom. The van der Waals surface area contributed by atoms with E-state index in [1.807, 2.05) is 6.92 Å². The van der Waals surface area contributed by atoms with E-state index >= 15 is 0 Å². The highest BCUT2D eigenvalue weighted by Gasteiger charge is 2.45. The first-order chi connectivity index (χ1) is 8.87. The van der Waals surface area contributed by atoms with Gasteiger partial charge in [-0.05, 0) is 26.2 Å². The van der Waals surface area contributed by atoms with E-state index in [2.05, 4.69) is 10.3 Å². The minimum Gasteiger partial charge on any atom is -0.382 e. The Morgan fingerprint density at radius 3 is 2.68 bits per heavy atom. The number of nitrogens with two attached hydrogens (primary N) is 1. The number of nitrogens with zero attached hydrogens (tertiary/aromatic N) is 1. The molecule has 1 rings (SSSR count). The van der Waals surface area contributed by atoms with Crippen LogP contribution in [0.1, 0.15) is 26.2 Å². The largest absolute Gasteiger partial charge is 0.382 e. The van der Waals surface area contributed by atoms with Crippen LogP contribution in [0.15, 0.2) is 4.99 Å². The topological polar surface area (TPSA) is 93.8 Å². The molecule has 0 heterocycles. The van der Waals surface area contributed by atoms with E-state index in [-0.39, 0.29) is 11.2 Å². The number of ether oxygens (including phenoxy) is 1. The predicted molar refractivity (Wildman–Crippen MR) is 77.0 cm³/mol. The molecule has 0 atom stereocenters. The average Bonchev–Trinajstić information content (AvgIpc) is 3.04. The first-order valence-corrected chi connectivity index (χ1v) is 8.72. The van der Waals surface area contributed by atoms with E-state index in [1.54, 1.807) is 0 Å². The van der Waals surface area contributed by atoms with Gasteiger partial charge in [0.1, 0.15) is 9.84 Å². The second-order valence-electron chi connectivity index (χ2n) is 5.25. The van der Waals surface area contributed by atoms with Crippen molar-refractivity contribution in [1.82, 2.24) is 5.32 Å². The fourth-order valence-electron chi connectivity index (χ4n) is 1.92. The third-order valence-electron chi connectivity index (χ3n) is 3.09. The second-order valence-corrected chi connectivity index (χ2v) is 7.39. The van der Waals surface area contributed by atoms with Crippen LogP contribution in [0.4, 0.5) is 0 Å². The average molecular weight is 291 g/mol. The molecule has 0 spiro atoms. The molecule has 3 N–H and O–H groups in total. The summed E-state index contributed by atoms with van der Waals surface area (Å²) in [6, 6.07) is 0. The first kappa shape index (κ1) is 16.2. The Balaban J connectivity index is 2.24. The van der Waals surface area contributed by atoms with Crippen molar-refractivity contribution in [1.29, 1.82) is 0 Å². The zero-order chi connectivity index (χ0) is 14.4. The summed E-state index contributed by atoms with van der Waals surface area (Å²) in [5, 5.41) is 3.00. The maximum Gasteiger partial charge on any atom is 0.188 e. The summed E-state index contributed by atoms with van der Waals surface area (Å²) in [6.07, 6.45) is 3.98. The van der Waals surface area contributed by atoms with Gasteiger partial charge in [-0.3, -0.25) is 4.99 Å². The Hall–Kier alpha value is -0.820. The minimum atomic E-state index is -2.94. The standard InChI is InChI=1S/C12H25N3O3S/c1-3-18-8-4-7-14-11(13)15-9-12(5-6-12)10-19(2,16)17/h3-10H2,1-2H3,(H3,13,14,15). The molecule has 112 valence electrons. The number of sulfone groups is 1. The van der Waals surface area contributed by atoms with Gasteiger partial charge < -0.3 is 15.8 Å². The van der Waals surface area contributed by atoms with E-state index in [0.717, 1.165) is 25.9 Å². The molecule has 0 bridgehead atoms. The van der Waals surface area contributed by atoms with Crippen molar-refractivity contribution in [3.63, 3.8) is 0 Å². The van der Waals surface area contributed by atoms with Crippen LogP contribution in [0.3, 0.4) is 0 Å². The van der Waals surface area contributed by atoms with Gasteiger partial charge >= 0.3 is 0 Å². The monoisotopic (exact) mass is 291 g/mol. The van der Waals surface area contributed by atoms with Gasteiger partial charge in [0.15, 0.2) is 5.96 Å². The van der Waals surface area contributed by atoms with Crippen LogP contribution in [-0.4, -0.2) is 52.7 Å². The van der Waals surface area contributed by atoms with Crippen LogP contribution in [-0.2, 0) is 14.6 Å². The molecule has 0 amide bonds. The van der Waals surface area contributed by atoms with E-state index in [4.69, 9.17) is 10.5 Å². The van der Waals surface area contributed by atoms with Crippen LogP contribution in [0.2, 0.25) is 0 Å². The quantitative estimate of drug-likeness (QED) is 0.358. The van der Waals surface area contributed by atoms with Gasteiger partial charge in [0.25, 0.3) is 0 Å². The summed E-state index contributed by atoms with van der Waals surface area (Å²) in [5.74, 6) is 0.595. The van der Waals surface area contributed by atoms with Crippen molar-refractivity contribution in [2.24, 2.45) is 16.1 Å². The minimum absolute atomic E-state index is 0.162. The van der Waals surface area contributed by atoms with Crippen molar-refractivity contribution >= 4 is 15.8 Å². The summed E-state index contributed by atoms with van der Waals surface area (Å²) >= 11 is 0. The van der Waals surface area contributed by atoms with E-state index in [1.165, 1.54) is 6.26 Å². The smallest absolute Gasteiger partial charge is 0.188 e. The molecule has 1 aliphatic rings. The van der Waals surface area contributed by atoms with Crippen LogP contribution < -0.4 is 11.1 Å². The molecule has 0 aromatic heterocycles. The molecule has 0 unspecified atom stereocenters. The highest BCUT2D eigenvalue weighted by Crippen LogP contribution is 2.46. The van der Waals surface area contributed by atoms with Crippen molar-refractivity contribution < 1.29 is 13.2 Å². The number of aliphatic imine (C=N–C) groups is 1. The fourth-order valence-corrected chi connectivity index (χ4v) is 3.42. The summed E-state index contributed by atoms with van der Waals surface area (Å²) in [7, 11) is -2.94. The molecule has 7 heteroatoms. The van der Waals surface area contributed by atoms with Gasteiger partial charge in [0.2, 0.25) is 0 Å². The molecule has 0 aromatic rings. The third kappa shape index (κ3) is 7.37. The maximum atomic E-state index is 11.3. The van der Waals surface area contributed by atoms with Gasteiger partial charge in [-0.25, -0.2) is 8.42 Å². The van der Waals surface area contributed by atoms with Crippen LogP contribution in [0, 0.1) is 5.41 Å². The normalized spacial score (nSPS) is 18.3. The lowest BCUT2D eigenvalue weighted by atomic mass is 10.1. The Kier molecular flexibility index (Phi) is 6.06. The summed E-state index contributed by atoms with van der Waals surface area (Å²) in [6.45, 7) is 4.59. The summed E-state index contributed by atoms with van der Waals surface area (Å²) in [4.78, 5) is 4.24. The van der Waals surface area contributed by atoms with Crippen molar-refractivity contribution in [3.8, 4) is 0 Å². The highest BCUT2D eigenvalue weighted by atomic mass is 32.2. The first-order valence-electron chi connectivity index (χ1n) is 6.66. The van der Waals surface area contributed by atoms with Gasteiger partial charge in [0.05, 0.1) is 5.75 Å². The van der Waals surface area contributed by atoms with Crippen molar-refractivity contribution in [2.75, 3.05) is 38.3 Å². The van der Waals surface area contributed by atoms with Gasteiger partial charge in [0, 0.05) is 38.0 Å². The number of nitrogens with one attached hydrogen (secondary N) is 1. The lowest BCUT2D eigenvalue weighted by molar-refractivity contribution is 0.145. The fraction of sp³-hybridized carbons (Fsp3) is 0.917. The molecular weight excluding hydrogens is 266 g/mol. The molecule has 0 aromatic carbocycles. The van der Waals surface area contributed by atoms with E-state index in [9.17, 15) is 8.42 Å². The third-order valence-corrected chi connectivity index (χ3v) is 4.22. The number of rotatable bonds is 9. The van der Waals surface area contributed by atoms with Crippen molar-refractivity contribution in [2.45, 2.75) is 26.2 Å². The predicted octanol–water partition coefficient (Wildman–Crippen LogP) is 0.142. The number of hydrogen-bond donors (Lipinski definition) is 2. The molecule has 0 radical (unpaired) electrons. The Bertz CT molecular complexity index is 402. The zero-order valence-corrected chi connectivity index (χ0v) is 12.6. The van der Waals surface area contributed by atoms with Crippen LogP contribution >= 0.6 is 0 Å². The molecule has 0 saturated heterocycles. The lowest BCUT2D eigenvalue weighted by Gasteiger charge is -2.11. The van der Waals surface area contributed by atoms with Crippen molar-refractivity contribution in [3.05, 3.63) is 0 Å². The van der Waals surface area contributed by atoms with Gasteiger partial charge in [-0.15, -0.1) is 0 Å². The van der Waals surface area contributed by atoms with Crippen LogP contribution in [0.25, 0.3) is 0 Å². The summed E-state index contributed by atoms with van der Waals surface area (Å²) < 4.78 is 27.8. The molecule has 1 aliphatic carbocycles. The number of guanidine groups is 1. The van der Waals surface area contributed by atoms with Gasteiger partial charge in [-0.1, -0.05) is 0 Å². The van der Waals surface area contributed by atoms with Gasteiger partial charge in [-0.2, -0.15) is 0 Å². The Morgan fingerprint density at radius 2 is 2.16 bits per heavy atom. The zero-order valence-electron chi connectivity index (χ0n) is 11.8. The Labute approximate surface area is 115 Å². The molecule has 19 heavy (non-hydrogen) atoms. The van der Waals surface area contributed by atoms with E-state index in [0.29, 0.717) is 25.7 Å². The molecule has 6 nitrogen and oxygen atoms in total. The highest BCUT2D eigenvalue weighted by molar-refractivity contribution is 7.90. The second kappa shape index (κ2) is 7.09. The molecule has 1 saturated carbocycles. The SMILES string of the molecule is CCOCCCNC(N)=NCC1(CS(C)(=O)=O)CC1. The molecular formula is C12H25N3O3S. The molecule has 0 aliphatic heterocycles.